The van der Waals surface area contributed by atoms with Crippen LogP contribution in [0.5, 0.6) is 0 Å². The Hall–Kier alpha value is -2.08. The molecule has 0 aliphatic carbocycles. The average molecular weight is 251 g/mol. The summed E-state index contributed by atoms with van der Waals surface area (Å²) in [6.07, 6.45) is -1.21. The van der Waals surface area contributed by atoms with Crippen molar-refractivity contribution in [2.45, 2.75) is 18.8 Å². The molecule has 2 atom stereocenters. The summed E-state index contributed by atoms with van der Waals surface area (Å²) in [4.78, 5) is 22.3. The van der Waals surface area contributed by atoms with Crippen molar-refractivity contribution in [3.63, 3.8) is 0 Å². The number of carbonyl (C=O) groups is 2. The molecule has 6 nitrogen and oxygen atoms in total. The molecular weight excluding hydrogens is 238 g/mol. The fourth-order valence-electron chi connectivity index (χ4n) is 1.45. The lowest BCUT2D eigenvalue weighted by Gasteiger charge is -2.12. The van der Waals surface area contributed by atoms with Gasteiger partial charge in [-0.15, -0.1) is 0 Å². The number of rotatable bonds is 5. The highest BCUT2D eigenvalue weighted by Gasteiger charge is 2.39. The van der Waals surface area contributed by atoms with Crippen LogP contribution in [0.2, 0.25) is 0 Å². The van der Waals surface area contributed by atoms with Gasteiger partial charge in [-0.3, -0.25) is 0 Å². The number of alkyl carbamates (subject to hydrolysis) is 1. The Morgan fingerprint density at radius 1 is 1.44 bits per heavy atom. The minimum atomic E-state index is -1.13. The molecule has 2 rings (SSSR count). The number of nitrogens with one attached hydrogen (secondary N) is 1. The van der Waals surface area contributed by atoms with Crippen LogP contribution in [-0.4, -0.2) is 35.9 Å². The predicted molar refractivity (Wildman–Crippen MR) is 60.9 cm³/mol. The minimum absolute atomic E-state index is 0.102. The Morgan fingerprint density at radius 3 is 2.67 bits per heavy atom. The molecule has 0 bridgehead atoms. The Labute approximate surface area is 104 Å². The summed E-state index contributed by atoms with van der Waals surface area (Å²) >= 11 is 0. The Kier molecular flexibility index (Phi) is 3.78. The van der Waals surface area contributed by atoms with Gasteiger partial charge in [0.15, 0.2) is 6.04 Å². The average Bonchev–Trinajstić information content (AvgIpc) is 3.18. The number of hydrogen-bond acceptors (Lipinski definition) is 4. The van der Waals surface area contributed by atoms with Crippen LogP contribution >= 0.6 is 0 Å². The highest BCUT2D eigenvalue weighted by atomic mass is 16.6. The van der Waals surface area contributed by atoms with Gasteiger partial charge in [0.2, 0.25) is 0 Å². The topological polar surface area (TPSA) is 88.2 Å². The van der Waals surface area contributed by atoms with Crippen molar-refractivity contribution >= 4 is 12.1 Å². The van der Waals surface area contributed by atoms with Gasteiger partial charge in [0.1, 0.15) is 12.7 Å². The molecule has 18 heavy (non-hydrogen) atoms. The summed E-state index contributed by atoms with van der Waals surface area (Å²) in [5, 5.41) is 11.1. The van der Waals surface area contributed by atoms with E-state index in [1.165, 1.54) is 0 Å². The van der Waals surface area contributed by atoms with Gasteiger partial charge in [-0.25, -0.2) is 9.59 Å². The molecule has 1 aromatic rings. The standard InChI is InChI=1S/C12H13NO5/c14-11(15)10(9-7-17-9)13-12(16)18-6-8-4-2-1-3-5-8/h1-5,9-10H,6-7H2,(H,13,16)(H,14,15)/t9-,10+/m1/s1. The Morgan fingerprint density at radius 2 is 2.11 bits per heavy atom. The van der Waals surface area contributed by atoms with Crippen LogP contribution in [-0.2, 0) is 20.9 Å². The zero-order valence-corrected chi connectivity index (χ0v) is 9.54. The fraction of sp³-hybridized carbons (Fsp3) is 0.333. The van der Waals surface area contributed by atoms with Gasteiger partial charge in [-0.05, 0) is 5.56 Å². The lowest BCUT2D eigenvalue weighted by atomic mass is 10.2. The van der Waals surface area contributed by atoms with Crippen molar-refractivity contribution in [3.8, 4) is 0 Å². The molecule has 1 aliphatic heterocycles. The third-order valence-corrected chi connectivity index (χ3v) is 2.48. The predicted octanol–water partition coefficient (Wildman–Crippen LogP) is 0.765. The number of benzene rings is 1. The molecule has 1 fully saturated rings. The number of carboxylic acids is 1. The maximum Gasteiger partial charge on any atom is 0.408 e. The van der Waals surface area contributed by atoms with E-state index in [4.69, 9.17) is 14.6 Å². The number of carbonyl (C=O) groups excluding carboxylic acids is 1. The number of hydrogen-bond donors (Lipinski definition) is 2. The minimum Gasteiger partial charge on any atom is -0.480 e. The van der Waals surface area contributed by atoms with E-state index in [-0.39, 0.29) is 6.61 Å². The molecule has 2 N–H and O–H groups in total. The highest BCUT2D eigenvalue weighted by Crippen LogP contribution is 2.14. The lowest BCUT2D eigenvalue weighted by molar-refractivity contribution is -0.139. The molecule has 1 heterocycles. The number of aliphatic carboxylic acids is 1. The molecule has 96 valence electrons. The first-order valence-electron chi connectivity index (χ1n) is 5.48. The van der Waals surface area contributed by atoms with Gasteiger partial charge < -0.3 is 19.9 Å². The zero-order chi connectivity index (χ0) is 13.0. The molecule has 0 radical (unpaired) electrons. The van der Waals surface area contributed by atoms with Crippen LogP contribution in [0, 0.1) is 0 Å². The molecule has 1 amide bonds. The number of ether oxygens (including phenoxy) is 2. The maximum atomic E-state index is 11.4. The van der Waals surface area contributed by atoms with Crippen LogP contribution in [0.15, 0.2) is 30.3 Å². The van der Waals surface area contributed by atoms with E-state index in [1.807, 2.05) is 30.3 Å². The molecule has 6 heteroatoms. The first-order chi connectivity index (χ1) is 8.66. The maximum absolute atomic E-state index is 11.4. The van der Waals surface area contributed by atoms with E-state index in [0.717, 1.165) is 5.56 Å². The largest absolute Gasteiger partial charge is 0.480 e. The SMILES string of the molecule is O=C(N[C@H](C(=O)O)[C@H]1CO1)OCc1ccccc1. The second-order valence-corrected chi connectivity index (χ2v) is 3.89. The van der Waals surface area contributed by atoms with Crippen molar-refractivity contribution in [1.82, 2.24) is 5.32 Å². The monoisotopic (exact) mass is 251 g/mol. The van der Waals surface area contributed by atoms with Crippen molar-refractivity contribution in [2.24, 2.45) is 0 Å². The summed E-state index contributed by atoms with van der Waals surface area (Å²) in [6.45, 7) is 0.445. The number of carboxylic acid groups (broad SMARTS) is 1. The molecule has 0 unspecified atom stereocenters. The van der Waals surface area contributed by atoms with Crippen molar-refractivity contribution in [2.75, 3.05) is 6.61 Å². The highest BCUT2D eigenvalue weighted by molar-refractivity contribution is 5.80. The fourth-order valence-corrected chi connectivity index (χ4v) is 1.45. The van der Waals surface area contributed by atoms with E-state index < -0.39 is 24.2 Å². The summed E-state index contributed by atoms with van der Waals surface area (Å²) in [5.74, 6) is -1.13. The van der Waals surface area contributed by atoms with E-state index >= 15 is 0 Å². The Balaban J connectivity index is 1.79. The summed E-state index contributed by atoms with van der Waals surface area (Å²) in [6, 6.07) is 8.09. The number of amides is 1. The van der Waals surface area contributed by atoms with Crippen molar-refractivity contribution in [1.29, 1.82) is 0 Å². The van der Waals surface area contributed by atoms with Crippen LogP contribution in [0.4, 0.5) is 4.79 Å². The van der Waals surface area contributed by atoms with E-state index in [9.17, 15) is 9.59 Å². The summed E-state index contributed by atoms with van der Waals surface area (Å²) in [5.41, 5.74) is 0.835. The van der Waals surface area contributed by atoms with Crippen LogP contribution in [0.3, 0.4) is 0 Å². The first-order valence-corrected chi connectivity index (χ1v) is 5.48. The second-order valence-electron chi connectivity index (χ2n) is 3.89. The van der Waals surface area contributed by atoms with Gasteiger partial charge in [-0.1, -0.05) is 30.3 Å². The summed E-state index contributed by atoms with van der Waals surface area (Å²) < 4.78 is 9.76. The van der Waals surface area contributed by atoms with Crippen LogP contribution < -0.4 is 5.32 Å². The molecule has 0 spiro atoms. The van der Waals surface area contributed by atoms with Gasteiger partial charge in [-0.2, -0.15) is 0 Å². The molecule has 1 aromatic carbocycles. The summed E-state index contributed by atoms with van der Waals surface area (Å²) in [7, 11) is 0. The van der Waals surface area contributed by atoms with E-state index in [0.29, 0.717) is 6.61 Å². The third kappa shape index (κ3) is 3.46. The smallest absolute Gasteiger partial charge is 0.408 e. The lowest BCUT2D eigenvalue weighted by Crippen LogP contribution is -2.44. The number of epoxide rings is 1. The first kappa shape index (κ1) is 12.4. The van der Waals surface area contributed by atoms with Crippen LogP contribution in [0.1, 0.15) is 5.56 Å². The van der Waals surface area contributed by atoms with Gasteiger partial charge >= 0.3 is 12.1 Å². The molecule has 0 aromatic heterocycles. The molecule has 1 saturated heterocycles. The van der Waals surface area contributed by atoms with Gasteiger partial charge in [0.25, 0.3) is 0 Å². The Bertz CT molecular complexity index is 429. The van der Waals surface area contributed by atoms with Crippen LogP contribution in [0.25, 0.3) is 0 Å². The van der Waals surface area contributed by atoms with E-state index in [1.54, 1.807) is 0 Å². The second kappa shape index (κ2) is 5.50. The molecule has 1 aliphatic rings. The third-order valence-electron chi connectivity index (χ3n) is 2.48. The normalized spacial score (nSPS) is 18.8. The van der Waals surface area contributed by atoms with Crippen molar-refractivity contribution in [3.05, 3.63) is 35.9 Å². The van der Waals surface area contributed by atoms with Gasteiger partial charge in [0, 0.05) is 0 Å². The molecule has 0 saturated carbocycles. The van der Waals surface area contributed by atoms with Crippen molar-refractivity contribution < 1.29 is 24.2 Å². The van der Waals surface area contributed by atoms with E-state index in [2.05, 4.69) is 5.32 Å². The van der Waals surface area contributed by atoms with Gasteiger partial charge in [0.05, 0.1) is 6.61 Å². The molecular formula is C12H13NO5. The quantitative estimate of drug-likeness (QED) is 0.754. The zero-order valence-electron chi connectivity index (χ0n) is 9.54.